The number of carbonyl (C=O) groups is 2. The van der Waals surface area contributed by atoms with Crippen LogP contribution in [0.25, 0.3) is 0 Å². The van der Waals surface area contributed by atoms with Gasteiger partial charge < -0.3 is 14.8 Å². The third-order valence-corrected chi connectivity index (χ3v) is 13.3. The first-order chi connectivity index (χ1) is 23.6. The number of benzene rings is 4. The summed E-state index contributed by atoms with van der Waals surface area (Å²) in [6.45, 7) is 4.36. The Morgan fingerprint density at radius 3 is 1.96 bits per heavy atom. The smallest absolute Gasteiger partial charge is 0.297 e. The van der Waals surface area contributed by atoms with Crippen LogP contribution in [0.2, 0.25) is 5.04 Å². The lowest BCUT2D eigenvalue weighted by atomic mass is 9.96. The average molecular weight is 678 g/mol. The first-order valence-electron chi connectivity index (χ1n) is 16.0. The molecular formula is C39H40FN3O5Si. The molecule has 0 radical (unpaired) electrons. The molecule has 1 heterocycles. The molecule has 3 N–H and O–H groups in total. The number of hydrogen-bond acceptors (Lipinski definition) is 6. The van der Waals surface area contributed by atoms with Crippen LogP contribution in [0, 0.1) is 5.82 Å². The third-order valence-electron chi connectivity index (χ3n) is 8.78. The predicted octanol–water partition coefficient (Wildman–Crippen LogP) is 5.49. The van der Waals surface area contributed by atoms with Gasteiger partial charge in [0.15, 0.2) is 11.4 Å². The maximum Gasteiger partial charge on any atom is 0.297 e. The van der Waals surface area contributed by atoms with Gasteiger partial charge in [-0.1, -0.05) is 117 Å². The zero-order valence-electron chi connectivity index (χ0n) is 27.8. The second-order valence-electron chi connectivity index (χ2n) is 12.4. The predicted molar refractivity (Wildman–Crippen MR) is 190 cm³/mol. The van der Waals surface area contributed by atoms with Gasteiger partial charge in [0.1, 0.15) is 5.82 Å². The van der Waals surface area contributed by atoms with E-state index in [9.17, 15) is 18.8 Å². The van der Waals surface area contributed by atoms with Gasteiger partial charge in [0.05, 0.1) is 19.3 Å². The molecule has 0 fully saturated rings. The summed E-state index contributed by atoms with van der Waals surface area (Å²) in [5.41, 5.74) is 4.67. The Balaban J connectivity index is 1.48. The van der Waals surface area contributed by atoms with Crippen LogP contribution in [0.5, 0.6) is 5.75 Å². The summed E-state index contributed by atoms with van der Waals surface area (Å²) < 4.78 is 19.3. The van der Waals surface area contributed by atoms with Crippen LogP contribution in [0.15, 0.2) is 121 Å². The van der Waals surface area contributed by atoms with E-state index in [4.69, 9.17) is 9.57 Å². The minimum atomic E-state index is -3.39. The molecule has 0 aliphatic heterocycles. The summed E-state index contributed by atoms with van der Waals surface area (Å²) in [5.74, 6) is -1.31. The summed E-state index contributed by atoms with van der Waals surface area (Å²) in [5, 5.41) is 3.95. The summed E-state index contributed by atoms with van der Waals surface area (Å²) in [7, 11) is -1.97. The molecule has 5 rings (SSSR count). The molecule has 252 valence electrons. The van der Waals surface area contributed by atoms with Crippen molar-refractivity contribution in [2.45, 2.75) is 44.9 Å². The largest absolute Gasteiger partial charge is 0.494 e. The van der Waals surface area contributed by atoms with E-state index in [0.29, 0.717) is 17.5 Å². The van der Waals surface area contributed by atoms with Crippen LogP contribution >= 0.6 is 0 Å². The van der Waals surface area contributed by atoms with Crippen molar-refractivity contribution in [1.82, 2.24) is 15.8 Å². The highest BCUT2D eigenvalue weighted by molar-refractivity contribution is 6.98. The molecule has 0 bridgehead atoms. The van der Waals surface area contributed by atoms with E-state index in [2.05, 4.69) is 15.8 Å². The fourth-order valence-corrected chi connectivity index (χ4v) is 9.70. The van der Waals surface area contributed by atoms with Gasteiger partial charge in [-0.25, -0.2) is 14.9 Å². The molecule has 0 aliphatic carbocycles. The monoisotopic (exact) mass is 677 g/mol. The molecule has 10 heteroatoms. The average Bonchev–Trinajstić information content (AvgIpc) is 3.13. The molecule has 1 aromatic heterocycles. The molecule has 49 heavy (non-hydrogen) atoms. The number of rotatable bonds is 14. The molecule has 4 aromatic carbocycles. The number of hydroxylamine groups is 1. The number of methoxy groups -OCH3 is 1. The van der Waals surface area contributed by atoms with Crippen molar-refractivity contribution in [3.8, 4) is 5.75 Å². The van der Waals surface area contributed by atoms with E-state index in [1.54, 1.807) is 12.1 Å². The quantitative estimate of drug-likeness (QED) is 0.106. The summed E-state index contributed by atoms with van der Waals surface area (Å²) >= 11 is 0. The fraction of sp³-hybridized carbons (Fsp3) is 0.205. The van der Waals surface area contributed by atoms with Crippen molar-refractivity contribution in [3.05, 3.63) is 155 Å². The summed E-state index contributed by atoms with van der Waals surface area (Å²) in [6.07, 6.45) is 2.07. The number of nitrogens with one attached hydrogen (secondary N) is 2. The number of halogens is 1. The Morgan fingerprint density at radius 2 is 1.39 bits per heavy atom. The lowest BCUT2D eigenvalue weighted by Gasteiger charge is -2.41. The number of ether oxygens (including phenoxy) is 1. The van der Waals surface area contributed by atoms with Gasteiger partial charge >= 0.3 is 0 Å². The first kappa shape index (κ1) is 35.2. The number of nitrogens with zero attached hydrogens (tertiary/aromatic N) is 1. The van der Waals surface area contributed by atoms with E-state index in [1.165, 1.54) is 25.4 Å². The maximum absolute atomic E-state index is 13.7. The van der Waals surface area contributed by atoms with E-state index >= 15 is 0 Å². The number of hydrogen-bond donors (Lipinski definition) is 3. The topological polar surface area (TPSA) is 110 Å². The zero-order valence-corrected chi connectivity index (χ0v) is 28.8. The minimum Gasteiger partial charge on any atom is -0.494 e. The molecule has 0 spiro atoms. The third kappa shape index (κ3) is 8.11. The van der Waals surface area contributed by atoms with Gasteiger partial charge in [-0.05, 0) is 51.5 Å². The molecule has 0 saturated heterocycles. The van der Waals surface area contributed by atoms with Crippen molar-refractivity contribution in [3.63, 3.8) is 0 Å². The van der Waals surface area contributed by atoms with Gasteiger partial charge in [-0.3, -0.25) is 14.4 Å². The standard InChI is InChI=1S/C39H40FN3O5Si/c1-39(2,49(46,31-15-9-5-10-16-31)32-17-11-6-12-18-32)24-23-33-34(37(44)42-25-28-19-21-30(40)22-20-28)26-41-35(36(33)47-3)38(45)43-48-27-29-13-7-4-8-14-29/h4-22,26,46H,23-25,27H2,1-3H3,(H,42,44)(H,43,45). The lowest BCUT2D eigenvalue weighted by Crippen LogP contribution is -2.65. The molecule has 0 unspecified atom stereocenters. The Hall–Kier alpha value is -5.16. The molecule has 0 aliphatic rings. The highest BCUT2D eigenvalue weighted by Gasteiger charge is 2.49. The molecule has 0 atom stereocenters. The van der Waals surface area contributed by atoms with Crippen LogP contribution in [0.1, 0.15) is 57.8 Å². The van der Waals surface area contributed by atoms with Crippen LogP contribution in [-0.2, 0) is 24.4 Å². The molecule has 2 amide bonds. The maximum atomic E-state index is 13.7. The Morgan fingerprint density at radius 1 is 0.816 bits per heavy atom. The lowest BCUT2D eigenvalue weighted by molar-refractivity contribution is 0.0227. The van der Waals surface area contributed by atoms with Crippen LogP contribution in [0.3, 0.4) is 0 Å². The van der Waals surface area contributed by atoms with E-state index in [1.807, 2.05) is 105 Å². The highest BCUT2D eigenvalue weighted by atomic mass is 28.4. The summed E-state index contributed by atoms with van der Waals surface area (Å²) in [4.78, 5) is 49.6. The van der Waals surface area contributed by atoms with Gasteiger partial charge in [0.2, 0.25) is 0 Å². The van der Waals surface area contributed by atoms with Crippen LogP contribution in [-0.4, -0.2) is 37.0 Å². The second-order valence-corrected chi connectivity index (χ2v) is 16.3. The Kier molecular flexibility index (Phi) is 11.4. The first-order valence-corrected chi connectivity index (χ1v) is 18.0. The van der Waals surface area contributed by atoms with Crippen molar-refractivity contribution in [2.24, 2.45) is 0 Å². The SMILES string of the molecule is COc1c(C(=O)NOCc2ccccc2)ncc(C(=O)NCc2ccc(F)cc2)c1CCC(C)(C)[Si](O)(c1ccccc1)c1ccccc1. The highest BCUT2D eigenvalue weighted by Crippen LogP contribution is 2.41. The van der Waals surface area contributed by atoms with Gasteiger partial charge in [0.25, 0.3) is 20.1 Å². The summed E-state index contributed by atoms with van der Waals surface area (Å²) in [6, 6.07) is 34.6. The van der Waals surface area contributed by atoms with Crippen molar-refractivity contribution < 1.29 is 28.3 Å². The van der Waals surface area contributed by atoms with E-state index < -0.39 is 25.2 Å². The molecular weight excluding hydrogens is 638 g/mol. The van der Waals surface area contributed by atoms with E-state index in [-0.39, 0.29) is 42.4 Å². The van der Waals surface area contributed by atoms with Crippen molar-refractivity contribution in [1.29, 1.82) is 0 Å². The zero-order chi connectivity index (χ0) is 34.9. The number of amides is 2. The second kappa shape index (κ2) is 15.8. The number of aromatic nitrogens is 1. The van der Waals surface area contributed by atoms with Crippen molar-refractivity contribution in [2.75, 3.05) is 7.11 Å². The molecule has 0 saturated carbocycles. The number of carbonyl (C=O) groups excluding carboxylic acids is 2. The molecule has 8 nitrogen and oxygen atoms in total. The Bertz CT molecular complexity index is 1820. The van der Waals surface area contributed by atoms with Crippen molar-refractivity contribution >= 4 is 30.5 Å². The van der Waals surface area contributed by atoms with Gasteiger partial charge in [-0.2, -0.15) is 0 Å². The van der Waals surface area contributed by atoms with Crippen LogP contribution < -0.4 is 25.9 Å². The fourth-order valence-electron chi connectivity index (χ4n) is 5.97. The molecule has 5 aromatic rings. The Labute approximate surface area is 287 Å². The van der Waals surface area contributed by atoms with Gasteiger partial charge in [0, 0.05) is 18.3 Å². The normalized spacial score (nSPS) is 11.5. The van der Waals surface area contributed by atoms with Crippen LogP contribution in [0.4, 0.5) is 4.39 Å². The van der Waals surface area contributed by atoms with E-state index in [0.717, 1.165) is 15.9 Å². The van der Waals surface area contributed by atoms with Gasteiger partial charge in [-0.15, -0.1) is 0 Å². The number of pyridine rings is 1. The minimum absolute atomic E-state index is 0.0444.